The number of rotatable bonds is 9. The van der Waals surface area contributed by atoms with E-state index in [9.17, 15) is 9.59 Å². The quantitative estimate of drug-likeness (QED) is 0.686. The van der Waals surface area contributed by atoms with Gasteiger partial charge in [0.1, 0.15) is 6.54 Å². The summed E-state index contributed by atoms with van der Waals surface area (Å²) in [5.74, 6) is -1.36. The Morgan fingerprint density at radius 1 is 1.38 bits per heavy atom. The molecular formula is C13H22N4O4. The number of aromatic carboxylic acids is 1. The van der Waals surface area contributed by atoms with Crippen LogP contribution in [-0.2, 0) is 22.5 Å². The van der Waals surface area contributed by atoms with E-state index in [0.29, 0.717) is 18.7 Å². The molecule has 8 heteroatoms. The zero-order chi connectivity index (χ0) is 15.8. The summed E-state index contributed by atoms with van der Waals surface area (Å²) < 4.78 is 6.27. The molecule has 0 aliphatic rings. The van der Waals surface area contributed by atoms with Crippen molar-refractivity contribution in [2.24, 2.45) is 0 Å². The van der Waals surface area contributed by atoms with Gasteiger partial charge in [-0.15, -0.1) is 5.10 Å². The van der Waals surface area contributed by atoms with E-state index in [2.05, 4.69) is 15.6 Å². The Labute approximate surface area is 123 Å². The second-order valence-electron chi connectivity index (χ2n) is 4.67. The van der Waals surface area contributed by atoms with Gasteiger partial charge in [-0.2, -0.15) is 0 Å². The number of ether oxygens (including phenoxy) is 1. The molecule has 1 amide bonds. The molecular weight excluding hydrogens is 276 g/mol. The summed E-state index contributed by atoms with van der Waals surface area (Å²) in [5.41, 5.74) is 0.256. The Morgan fingerprint density at radius 3 is 2.57 bits per heavy atom. The Balaban J connectivity index is 2.82. The van der Waals surface area contributed by atoms with Crippen LogP contribution in [0.1, 0.15) is 42.9 Å². The maximum atomic E-state index is 12.0. The summed E-state index contributed by atoms with van der Waals surface area (Å²) in [6, 6.07) is 0.113. The smallest absolute Gasteiger partial charge is 0.358 e. The number of nitrogens with one attached hydrogen (secondary N) is 1. The van der Waals surface area contributed by atoms with Gasteiger partial charge in [0.05, 0.1) is 12.3 Å². The minimum absolute atomic E-state index is 0.0458. The molecule has 0 saturated carbocycles. The lowest BCUT2D eigenvalue weighted by molar-refractivity contribution is -0.122. The summed E-state index contributed by atoms with van der Waals surface area (Å²) >= 11 is 0. The van der Waals surface area contributed by atoms with E-state index in [0.717, 1.165) is 12.8 Å². The molecule has 0 radical (unpaired) electrons. The van der Waals surface area contributed by atoms with Gasteiger partial charge >= 0.3 is 5.97 Å². The molecule has 1 rings (SSSR count). The Bertz CT molecular complexity index is 483. The van der Waals surface area contributed by atoms with E-state index in [4.69, 9.17) is 9.84 Å². The summed E-state index contributed by atoms with van der Waals surface area (Å²) in [6.45, 7) is 4.28. The largest absolute Gasteiger partial charge is 0.476 e. The summed E-state index contributed by atoms with van der Waals surface area (Å²) in [5, 5.41) is 19.3. The van der Waals surface area contributed by atoms with Crippen LogP contribution in [0, 0.1) is 0 Å². The van der Waals surface area contributed by atoms with Crippen molar-refractivity contribution in [2.45, 2.75) is 45.7 Å². The fourth-order valence-corrected chi connectivity index (χ4v) is 1.97. The van der Waals surface area contributed by atoms with E-state index in [1.165, 1.54) is 11.8 Å². The van der Waals surface area contributed by atoms with Gasteiger partial charge in [0.25, 0.3) is 0 Å². The minimum Gasteiger partial charge on any atom is -0.476 e. The van der Waals surface area contributed by atoms with E-state index >= 15 is 0 Å². The van der Waals surface area contributed by atoms with Gasteiger partial charge in [0.15, 0.2) is 5.69 Å². The standard InChI is InChI=1S/C13H22N4O4/c1-4-9(5-2)14-11(18)8-17-10(6-7-21-3)12(13(19)20)15-16-17/h9H,4-8H2,1-3H3,(H,14,18)(H,19,20). The average Bonchev–Trinajstić information content (AvgIpc) is 2.85. The van der Waals surface area contributed by atoms with Crippen LogP contribution in [0.2, 0.25) is 0 Å². The highest BCUT2D eigenvalue weighted by Gasteiger charge is 2.20. The first-order chi connectivity index (χ1) is 10.0. The number of methoxy groups -OCH3 is 1. The van der Waals surface area contributed by atoms with Gasteiger partial charge in [0.2, 0.25) is 5.91 Å². The van der Waals surface area contributed by atoms with Crippen molar-refractivity contribution in [3.63, 3.8) is 0 Å². The van der Waals surface area contributed by atoms with Gasteiger partial charge in [0, 0.05) is 19.6 Å². The highest BCUT2D eigenvalue weighted by Crippen LogP contribution is 2.07. The molecule has 118 valence electrons. The molecule has 8 nitrogen and oxygen atoms in total. The normalized spacial score (nSPS) is 10.9. The molecule has 1 heterocycles. The average molecular weight is 298 g/mol. The molecule has 21 heavy (non-hydrogen) atoms. The molecule has 0 atom stereocenters. The lowest BCUT2D eigenvalue weighted by atomic mass is 10.2. The van der Waals surface area contributed by atoms with Crippen LogP contribution >= 0.6 is 0 Å². The minimum atomic E-state index is -1.16. The predicted molar refractivity (Wildman–Crippen MR) is 75.1 cm³/mol. The Hall–Kier alpha value is -1.96. The van der Waals surface area contributed by atoms with Crippen LogP contribution in [0.4, 0.5) is 0 Å². The third-order valence-corrected chi connectivity index (χ3v) is 3.23. The highest BCUT2D eigenvalue weighted by molar-refractivity contribution is 5.86. The number of carbonyl (C=O) groups excluding carboxylic acids is 1. The zero-order valence-corrected chi connectivity index (χ0v) is 12.6. The van der Waals surface area contributed by atoms with Crippen molar-refractivity contribution >= 4 is 11.9 Å². The first-order valence-electron chi connectivity index (χ1n) is 6.97. The highest BCUT2D eigenvalue weighted by atomic mass is 16.5. The number of carboxylic acids is 1. The molecule has 1 aromatic heterocycles. The molecule has 0 unspecified atom stereocenters. The summed E-state index contributed by atoms with van der Waals surface area (Å²) in [6.07, 6.45) is 2.02. The van der Waals surface area contributed by atoms with Gasteiger partial charge in [-0.05, 0) is 12.8 Å². The van der Waals surface area contributed by atoms with Gasteiger partial charge in [-0.3, -0.25) is 4.79 Å². The molecule has 0 aromatic carbocycles. The zero-order valence-electron chi connectivity index (χ0n) is 12.6. The van der Waals surface area contributed by atoms with Crippen molar-refractivity contribution in [1.29, 1.82) is 0 Å². The van der Waals surface area contributed by atoms with Gasteiger partial charge in [-0.1, -0.05) is 19.1 Å². The number of hydrogen-bond donors (Lipinski definition) is 2. The Kier molecular flexibility index (Phi) is 6.80. The summed E-state index contributed by atoms with van der Waals surface area (Å²) in [4.78, 5) is 23.1. The van der Waals surface area contributed by atoms with Crippen molar-refractivity contribution in [2.75, 3.05) is 13.7 Å². The SMILES string of the molecule is CCC(CC)NC(=O)Cn1nnc(C(=O)O)c1CCOC. The number of amides is 1. The number of carboxylic acid groups (broad SMARTS) is 1. The van der Waals surface area contributed by atoms with E-state index < -0.39 is 5.97 Å². The van der Waals surface area contributed by atoms with E-state index in [1.54, 1.807) is 0 Å². The molecule has 0 bridgehead atoms. The topological polar surface area (TPSA) is 106 Å². The van der Waals surface area contributed by atoms with Crippen LogP contribution in [0.25, 0.3) is 0 Å². The first-order valence-corrected chi connectivity index (χ1v) is 6.97. The fourth-order valence-electron chi connectivity index (χ4n) is 1.97. The third-order valence-electron chi connectivity index (χ3n) is 3.23. The van der Waals surface area contributed by atoms with Crippen LogP contribution in [-0.4, -0.2) is 51.7 Å². The second kappa shape index (κ2) is 8.35. The van der Waals surface area contributed by atoms with Crippen molar-refractivity contribution in [3.8, 4) is 0 Å². The van der Waals surface area contributed by atoms with Crippen LogP contribution in [0.5, 0.6) is 0 Å². The number of nitrogens with zero attached hydrogens (tertiary/aromatic N) is 3. The molecule has 0 saturated heterocycles. The second-order valence-corrected chi connectivity index (χ2v) is 4.67. The molecule has 0 fully saturated rings. The van der Waals surface area contributed by atoms with E-state index in [1.807, 2.05) is 13.8 Å². The molecule has 0 spiro atoms. The molecule has 0 aliphatic heterocycles. The van der Waals surface area contributed by atoms with Crippen molar-refractivity contribution < 1.29 is 19.4 Å². The first kappa shape index (κ1) is 17.1. The van der Waals surface area contributed by atoms with Crippen molar-refractivity contribution in [3.05, 3.63) is 11.4 Å². The lowest BCUT2D eigenvalue weighted by Gasteiger charge is -2.15. The van der Waals surface area contributed by atoms with Crippen molar-refractivity contribution in [1.82, 2.24) is 20.3 Å². The van der Waals surface area contributed by atoms with Crippen LogP contribution < -0.4 is 5.32 Å². The van der Waals surface area contributed by atoms with Gasteiger partial charge < -0.3 is 15.2 Å². The fraction of sp³-hybridized carbons (Fsp3) is 0.692. The lowest BCUT2D eigenvalue weighted by Crippen LogP contribution is -2.36. The monoisotopic (exact) mass is 298 g/mol. The van der Waals surface area contributed by atoms with Gasteiger partial charge in [-0.25, -0.2) is 9.48 Å². The number of aromatic nitrogens is 3. The maximum Gasteiger partial charge on any atom is 0.358 e. The predicted octanol–water partition coefficient (Wildman–Crippen LogP) is 0.470. The molecule has 2 N–H and O–H groups in total. The van der Waals surface area contributed by atoms with E-state index in [-0.39, 0.29) is 24.2 Å². The third kappa shape index (κ3) is 4.82. The Morgan fingerprint density at radius 2 is 2.05 bits per heavy atom. The van der Waals surface area contributed by atoms with Crippen LogP contribution in [0.3, 0.4) is 0 Å². The molecule has 0 aliphatic carbocycles. The summed E-state index contributed by atoms with van der Waals surface area (Å²) in [7, 11) is 1.52. The maximum absolute atomic E-state index is 12.0. The molecule has 1 aromatic rings. The number of carbonyl (C=O) groups is 2. The number of hydrogen-bond acceptors (Lipinski definition) is 5. The van der Waals surface area contributed by atoms with Crippen LogP contribution in [0.15, 0.2) is 0 Å².